The summed E-state index contributed by atoms with van der Waals surface area (Å²) in [5.41, 5.74) is -0.507. The molecule has 18 heavy (non-hydrogen) atoms. The average Bonchev–Trinajstić information content (AvgIpc) is 2.79. The molecule has 2 rings (SSSR count). The number of aromatic nitrogens is 2. The van der Waals surface area contributed by atoms with Crippen LogP contribution < -0.4 is 5.32 Å². The van der Waals surface area contributed by atoms with E-state index in [9.17, 15) is 0 Å². The summed E-state index contributed by atoms with van der Waals surface area (Å²) in [5, 5.41) is 7.35. The fourth-order valence-corrected chi connectivity index (χ4v) is 1.97. The molecule has 6 heteroatoms. The third-order valence-corrected chi connectivity index (χ3v) is 2.93. The van der Waals surface area contributed by atoms with E-state index in [1.807, 2.05) is 20.8 Å². The van der Waals surface area contributed by atoms with Gasteiger partial charge in [-0.1, -0.05) is 5.16 Å². The second kappa shape index (κ2) is 5.77. The summed E-state index contributed by atoms with van der Waals surface area (Å²) in [6.07, 6.45) is 0.690. The minimum atomic E-state index is -0.507. The van der Waals surface area contributed by atoms with E-state index in [2.05, 4.69) is 15.5 Å². The van der Waals surface area contributed by atoms with Crippen molar-refractivity contribution in [2.75, 3.05) is 26.4 Å². The van der Waals surface area contributed by atoms with Crippen molar-refractivity contribution >= 4 is 0 Å². The number of nitrogens with zero attached hydrogens (tertiary/aromatic N) is 2. The molecule has 2 heterocycles. The lowest BCUT2D eigenvalue weighted by molar-refractivity contribution is -0.0221. The van der Waals surface area contributed by atoms with Gasteiger partial charge in [-0.15, -0.1) is 0 Å². The van der Waals surface area contributed by atoms with Gasteiger partial charge in [-0.25, -0.2) is 0 Å². The van der Waals surface area contributed by atoms with Crippen LogP contribution in [-0.2, 0) is 21.5 Å². The summed E-state index contributed by atoms with van der Waals surface area (Å²) >= 11 is 0. The molecule has 0 aromatic carbocycles. The van der Waals surface area contributed by atoms with Crippen molar-refractivity contribution in [1.29, 1.82) is 0 Å². The maximum Gasteiger partial charge on any atom is 0.228 e. The Balaban J connectivity index is 1.96. The van der Waals surface area contributed by atoms with Crippen molar-refractivity contribution in [3.05, 3.63) is 11.7 Å². The van der Waals surface area contributed by atoms with Crippen LogP contribution in [0.1, 0.15) is 32.5 Å². The normalized spacial score (nSPS) is 21.2. The second-order valence-corrected chi connectivity index (χ2v) is 4.89. The minimum absolute atomic E-state index is 0.252. The largest absolute Gasteiger partial charge is 0.378 e. The molecule has 1 aromatic rings. The van der Waals surface area contributed by atoms with Gasteiger partial charge >= 0.3 is 0 Å². The third kappa shape index (κ3) is 3.28. The molecule has 0 amide bonds. The molecule has 6 nitrogen and oxygen atoms in total. The molecule has 0 aliphatic carbocycles. The van der Waals surface area contributed by atoms with Gasteiger partial charge < -0.3 is 19.3 Å². The van der Waals surface area contributed by atoms with Gasteiger partial charge in [0.1, 0.15) is 5.60 Å². The molecule has 0 bridgehead atoms. The zero-order valence-corrected chi connectivity index (χ0v) is 11.2. The molecule has 0 saturated carbocycles. The van der Waals surface area contributed by atoms with Crippen LogP contribution in [-0.4, -0.2) is 42.5 Å². The van der Waals surface area contributed by atoms with Crippen LogP contribution in [0.15, 0.2) is 4.52 Å². The molecule has 1 atom stereocenters. The van der Waals surface area contributed by atoms with Crippen molar-refractivity contribution in [1.82, 2.24) is 15.5 Å². The van der Waals surface area contributed by atoms with Gasteiger partial charge in [0.2, 0.25) is 11.7 Å². The van der Waals surface area contributed by atoms with Crippen LogP contribution in [0.3, 0.4) is 0 Å². The fraction of sp³-hybridized carbons (Fsp3) is 0.833. The Hall–Kier alpha value is -0.980. The average molecular weight is 255 g/mol. The first-order valence-corrected chi connectivity index (χ1v) is 6.40. The van der Waals surface area contributed by atoms with Gasteiger partial charge in [0.15, 0.2) is 0 Å². The maximum atomic E-state index is 5.59. The molecular weight excluding hydrogens is 234 g/mol. The van der Waals surface area contributed by atoms with Crippen molar-refractivity contribution < 1.29 is 14.0 Å². The smallest absolute Gasteiger partial charge is 0.228 e. The van der Waals surface area contributed by atoms with E-state index in [4.69, 9.17) is 14.0 Å². The highest BCUT2D eigenvalue weighted by Gasteiger charge is 2.28. The summed E-state index contributed by atoms with van der Waals surface area (Å²) in [4.78, 5) is 4.40. The van der Waals surface area contributed by atoms with E-state index in [-0.39, 0.29) is 6.04 Å². The van der Waals surface area contributed by atoms with Crippen molar-refractivity contribution in [3.8, 4) is 0 Å². The monoisotopic (exact) mass is 255 g/mol. The Morgan fingerprint density at radius 2 is 2.33 bits per heavy atom. The molecule has 102 valence electrons. The predicted molar refractivity (Wildman–Crippen MR) is 65.3 cm³/mol. The summed E-state index contributed by atoms with van der Waals surface area (Å²) < 4.78 is 16.2. The predicted octanol–water partition coefficient (Wildman–Crippen LogP) is 0.872. The first-order valence-electron chi connectivity index (χ1n) is 6.40. The third-order valence-electron chi connectivity index (χ3n) is 2.93. The summed E-state index contributed by atoms with van der Waals surface area (Å²) in [5.74, 6) is 1.22. The van der Waals surface area contributed by atoms with Crippen LogP contribution in [0.5, 0.6) is 0 Å². The van der Waals surface area contributed by atoms with E-state index >= 15 is 0 Å². The lowest BCUT2D eigenvalue weighted by Crippen LogP contribution is -2.42. The molecule has 1 N–H and O–H groups in total. The highest BCUT2D eigenvalue weighted by molar-refractivity contribution is 4.98. The summed E-state index contributed by atoms with van der Waals surface area (Å²) in [7, 11) is 0. The Morgan fingerprint density at radius 1 is 1.50 bits per heavy atom. The lowest BCUT2D eigenvalue weighted by atomic mass is 10.1. The van der Waals surface area contributed by atoms with E-state index in [1.54, 1.807) is 0 Å². The molecule has 0 radical (unpaired) electrons. The zero-order chi connectivity index (χ0) is 13.0. The molecule has 1 aliphatic rings. The Morgan fingerprint density at radius 3 is 3.00 bits per heavy atom. The van der Waals surface area contributed by atoms with Gasteiger partial charge in [0.05, 0.1) is 13.2 Å². The SMILES string of the molecule is CCOC(C)(C)c1noc(CC2COCCN2)n1. The van der Waals surface area contributed by atoms with E-state index in [1.165, 1.54) is 0 Å². The van der Waals surface area contributed by atoms with E-state index in [0.717, 1.165) is 13.2 Å². The first-order chi connectivity index (χ1) is 8.62. The minimum Gasteiger partial charge on any atom is -0.378 e. The quantitative estimate of drug-likeness (QED) is 0.842. The van der Waals surface area contributed by atoms with Gasteiger partial charge in [-0.3, -0.25) is 0 Å². The Bertz CT molecular complexity index is 372. The topological polar surface area (TPSA) is 69.4 Å². The maximum absolute atomic E-state index is 5.59. The van der Waals surface area contributed by atoms with Gasteiger partial charge in [0.25, 0.3) is 0 Å². The second-order valence-electron chi connectivity index (χ2n) is 4.89. The molecule has 1 saturated heterocycles. The summed E-state index contributed by atoms with van der Waals surface area (Å²) in [6, 6.07) is 0.252. The van der Waals surface area contributed by atoms with Gasteiger partial charge in [0, 0.05) is 25.6 Å². The van der Waals surface area contributed by atoms with Crippen LogP contribution in [0.4, 0.5) is 0 Å². The molecular formula is C12H21N3O3. The van der Waals surface area contributed by atoms with Crippen molar-refractivity contribution in [2.24, 2.45) is 0 Å². The standard InChI is InChI=1S/C12H21N3O3/c1-4-17-12(2,3)11-14-10(18-15-11)7-9-8-16-6-5-13-9/h9,13H,4-8H2,1-3H3. The van der Waals surface area contributed by atoms with Gasteiger partial charge in [-0.05, 0) is 20.8 Å². The fourth-order valence-electron chi connectivity index (χ4n) is 1.97. The first kappa shape index (κ1) is 13.5. The van der Waals surface area contributed by atoms with Crippen LogP contribution in [0.25, 0.3) is 0 Å². The highest BCUT2D eigenvalue weighted by atomic mass is 16.5. The number of rotatable bonds is 5. The lowest BCUT2D eigenvalue weighted by Gasteiger charge is -2.22. The molecule has 1 unspecified atom stereocenters. The molecule has 0 spiro atoms. The number of morpholine rings is 1. The number of nitrogens with one attached hydrogen (secondary N) is 1. The van der Waals surface area contributed by atoms with E-state index in [0.29, 0.717) is 31.3 Å². The van der Waals surface area contributed by atoms with Gasteiger partial charge in [-0.2, -0.15) is 4.98 Å². The number of hydrogen-bond acceptors (Lipinski definition) is 6. The number of hydrogen-bond donors (Lipinski definition) is 1. The Kier molecular flexibility index (Phi) is 4.31. The van der Waals surface area contributed by atoms with Crippen LogP contribution >= 0.6 is 0 Å². The van der Waals surface area contributed by atoms with E-state index < -0.39 is 5.60 Å². The zero-order valence-electron chi connectivity index (χ0n) is 11.2. The molecule has 1 aliphatic heterocycles. The van der Waals surface area contributed by atoms with Crippen LogP contribution in [0.2, 0.25) is 0 Å². The van der Waals surface area contributed by atoms with Crippen molar-refractivity contribution in [2.45, 2.75) is 38.8 Å². The highest BCUT2D eigenvalue weighted by Crippen LogP contribution is 2.21. The molecule has 1 aromatic heterocycles. The molecule has 1 fully saturated rings. The Labute approximate surface area is 107 Å². The van der Waals surface area contributed by atoms with Crippen molar-refractivity contribution in [3.63, 3.8) is 0 Å². The van der Waals surface area contributed by atoms with Crippen LogP contribution in [0, 0.1) is 0 Å². The summed E-state index contributed by atoms with van der Waals surface area (Å²) in [6.45, 7) is 8.77. The number of ether oxygens (including phenoxy) is 2.